The number of pyridine rings is 1. The van der Waals surface area contributed by atoms with Gasteiger partial charge in [-0.05, 0) is 25.0 Å². The van der Waals surface area contributed by atoms with E-state index in [2.05, 4.69) is 26.2 Å². The average Bonchev–Trinajstić information content (AvgIpc) is 2.99. The highest BCUT2D eigenvalue weighted by Crippen LogP contribution is 2.30. The smallest absolute Gasteiger partial charge is 0.239 e. The lowest BCUT2D eigenvalue weighted by Crippen LogP contribution is -2.39. The van der Waals surface area contributed by atoms with Crippen LogP contribution in [0.25, 0.3) is 10.9 Å². The van der Waals surface area contributed by atoms with Crippen LogP contribution in [0.3, 0.4) is 0 Å². The second-order valence-electron chi connectivity index (χ2n) is 5.52. The molecule has 4 nitrogen and oxygen atoms in total. The maximum atomic E-state index is 11.9. The van der Waals surface area contributed by atoms with Crippen molar-refractivity contribution < 1.29 is 4.79 Å². The summed E-state index contributed by atoms with van der Waals surface area (Å²) in [6.45, 7) is 0. The Kier molecular flexibility index (Phi) is 4.22. The minimum Gasteiger partial charge on any atom is -0.368 e. The fourth-order valence-corrected chi connectivity index (χ4v) is 3.50. The topological polar surface area (TPSA) is 68.0 Å². The molecule has 0 aliphatic heterocycles. The number of nitrogens with two attached hydrogens (primary N) is 1. The van der Waals surface area contributed by atoms with Crippen molar-refractivity contribution in [3.63, 3.8) is 0 Å². The molecule has 1 amide bonds. The number of primary amides is 1. The summed E-state index contributed by atoms with van der Waals surface area (Å²) in [5, 5.41) is 4.41. The van der Waals surface area contributed by atoms with Crippen LogP contribution >= 0.6 is 15.9 Å². The van der Waals surface area contributed by atoms with Gasteiger partial charge in [-0.1, -0.05) is 40.9 Å². The van der Waals surface area contributed by atoms with E-state index in [1.165, 1.54) is 12.8 Å². The normalized spacial score (nSPS) is 17.2. The van der Waals surface area contributed by atoms with Gasteiger partial charge in [0, 0.05) is 27.7 Å². The number of amides is 1. The van der Waals surface area contributed by atoms with Crippen LogP contribution in [-0.4, -0.2) is 16.9 Å². The summed E-state index contributed by atoms with van der Waals surface area (Å²) in [6.07, 6.45) is 6.37. The molecule has 1 unspecified atom stereocenters. The van der Waals surface area contributed by atoms with Crippen molar-refractivity contribution in [1.82, 2.24) is 10.3 Å². The third kappa shape index (κ3) is 2.94. The number of nitrogens with zero attached hydrogens (tertiary/aromatic N) is 1. The maximum absolute atomic E-state index is 11.9. The van der Waals surface area contributed by atoms with Crippen molar-refractivity contribution in [1.29, 1.82) is 0 Å². The summed E-state index contributed by atoms with van der Waals surface area (Å²) in [6, 6.07) is 7.63. The first-order valence-corrected chi connectivity index (χ1v) is 8.04. The average molecular weight is 348 g/mol. The van der Waals surface area contributed by atoms with Crippen molar-refractivity contribution in [2.75, 3.05) is 0 Å². The molecule has 0 spiro atoms. The van der Waals surface area contributed by atoms with Crippen LogP contribution < -0.4 is 11.1 Å². The molecule has 3 N–H and O–H groups in total. The number of nitrogens with one attached hydrogen (secondary N) is 1. The van der Waals surface area contributed by atoms with Crippen LogP contribution in [0.4, 0.5) is 0 Å². The van der Waals surface area contributed by atoms with Crippen molar-refractivity contribution in [2.24, 2.45) is 5.73 Å². The van der Waals surface area contributed by atoms with Crippen molar-refractivity contribution >= 4 is 32.7 Å². The Balaban J connectivity index is 2.02. The molecule has 2 aromatic rings. The van der Waals surface area contributed by atoms with E-state index in [0.717, 1.165) is 33.8 Å². The molecule has 1 aromatic heterocycles. The molecule has 5 heteroatoms. The highest BCUT2D eigenvalue weighted by atomic mass is 79.9. The lowest BCUT2D eigenvalue weighted by Gasteiger charge is -2.21. The molecule has 1 heterocycles. The zero-order valence-electron chi connectivity index (χ0n) is 11.7. The van der Waals surface area contributed by atoms with Gasteiger partial charge in [-0.25, -0.2) is 0 Å². The molecular formula is C16H18BrN3O. The minimum atomic E-state index is -0.487. The van der Waals surface area contributed by atoms with Crippen molar-refractivity contribution in [3.05, 3.63) is 40.5 Å². The fourth-order valence-electron chi connectivity index (χ4n) is 3.05. The van der Waals surface area contributed by atoms with E-state index in [0.29, 0.717) is 6.04 Å². The van der Waals surface area contributed by atoms with E-state index in [9.17, 15) is 4.79 Å². The highest BCUT2D eigenvalue weighted by Gasteiger charge is 2.26. The number of rotatable bonds is 4. The van der Waals surface area contributed by atoms with Crippen LogP contribution in [0.15, 0.2) is 34.9 Å². The summed E-state index contributed by atoms with van der Waals surface area (Å²) in [5.41, 5.74) is 7.31. The molecule has 1 aromatic carbocycles. The first-order chi connectivity index (χ1) is 10.2. The zero-order chi connectivity index (χ0) is 14.8. The van der Waals surface area contributed by atoms with Gasteiger partial charge in [-0.15, -0.1) is 0 Å². The Morgan fingerprint density at radius 3 is 2.81 bits per heavy atom. The molecule has 1 aliphatic rings. The van der Waals surface area contributed by atoms with E-state index in [1.54, 1.807) is 6.20 Å². The van der Waals surface area contributed by atoms with Gasteiger partial charge in [0.1, 0.15) is 6.04 Å². The summed E-state index contributed by atoms with van der Waals surface area (Å²) >= 11 is 3.53. The first kappa shape index (κ1) is 14.5. The zero-order valence-corrected chi connectivity index (χ0v) is 13.3. The molecule has 3 rings (SSSR count). The number of carbonyl (C=O) groups is 1. The fraction of sp³-hybridized carbons (Fsp3) is 0.375. The van der Waals surface area contributed by atoms with Gasteiger partial charge in [0.15, 0.2) is 0 Å². The third-order valence-corrected chi connectivity index (χ3v) is 4.79. The first-order valence-electron chi connectivity index (χ1n) is 7.25. The highest BCUT2D eigenvalue weighted by molar-refractivity contribution is 9.10. The summed E-state index contributed by atoms with van der Waals surface area (Å²) < 4.78 is 0.971. The maximum Gasteiger partial charge on any atom is 0.239 e. The van der Waals surface area contributed by atoms with Gasteiger partial charge < -0.3 is 5.73 Å². The second-order valence-corrected chi connectivity index (χ2v) is 6.37. The Morgan fingerprint density at radius 1 is 1.33 bits per heavy atom. The van der Waals surface area contributed by atoms with Crippen LogP contribution in [0, 0.1) is 0 Å². The third-order valence-electron chi connectivity index (χ3n) is 4.10. The van der Waals surface area contributed by atoms with E-state index >= 15 is 0 Å². The van der Waals surface area contributed by atoms with E-state index in [1.807, 2.05) is 24.3 Å². The molecule has 110 valence electrons. The Morgan fingerprint density at radius 2 is 2.10 bits per heavy atom. The predicted molar refractivity (Wildman–Crippen MR) is 86.8 cm³/mol. The van der Waals surface area contributed by atoms with E-state index in [-0.39, 0.29) is 5.91 Å². The van der Waals surface area contributed by atoms with Gasteiger partial charge in [-0.2, -0.15) is 0 Å². The van der Waals surface area contributed by atoms with Crippen LogP contribution in [0.5, 0.6) is 0 Å². The Hall–Kier alpha value is -1.46. The quantitative estimate of drug-likeness (QED) is 0.892. The van der Waals surface area contributed by atoms with Gasteiger partial charge in [0.25, 0.3) is 0 Å². The second kappa shape index (κ2) is 6.12. The molecule has 0 radical (unpaired) electrons. The van der Waals surface area contributed by atoms with Crippen LogP contribution in [0.2, 0.25) is 0 Å². The molecular weight excluding hydrogens is 330 g/mol. The monoisotopic (exact) mass is 347 g/mol. The van der Waals surface area contributed by atoms with Gasteiger partial charge in [0.2, 0.25) is 5.91 Å². The standard InChI is InChI=1S/C16H18BrN3O/c17-13-8-7-12(14-11(13)6-3-9-19-14)15(16(18)21)20-10-4-1-2-5-10/h3,6-10,15,20H,1-2,4-5H2,(H2,18,21). The van der Waals surface area contributed by atoms with Crippen LogP contribution in [0.1, 0.15) is 37.3 Å². The number of carbonyl (C=O) groups excluding carboxylic acids is 1. The lowest BCUT2D eigenvalue weighted by atomic mass is 10.0. The summed E-state index contributed by atoms with van der Waals surface area (Å²) in [5.74, 6) is -0.351. The van der Waals surface area contributed by atoms with E-state index < -0.39 is 6.04 Å². The molecule has 1 aliphatic carbocycles. The largest absolute Gasteiger partial charge is 0.368 e. The molecule has 1 saturated carbocycles. The lowest BCUT2D eigenvalue weighted by molar-refractivity contribution is -0.120. The van der Waals surface area contributed by atoms with E-state index in [4.69, 9.17) is 5.73 Å². The van der Waals surface area contributed by atoms with Gasteiger partial charge >= 0.3 is 0 Å². The number of hydrogen-bond donors (Lipinski definition) is 2. The summed E-state index contributed by atoms with van der Waals surface area (Å²) in [4.78, 5) is 16.4. The number of aromatic nitrogens is 1. The van der Waals surface area contributed by atoms with Crippen molar-refractivity contribution in [2.45, 2.75) is 37.8 Å². The molecule has 0 bridgehead atoms. The van der Waals surface area contributed by atoms with Gasteiger partial charge in [0.05, 0.1) is 5.52 Å². The van der Waals surface area contributed by atoms with Crippen molar-refractivity contribution in [3.8, 4) is 0 Å². The Labute approximate surface area is 132 Å². The molecule has 0 saturated heterocycles. The number of benzene rings is 1. The molecule has 21 heavy (non-hydrogen) atoms. The summed E-state index contributed by atoms with van der Waals surface area (Å²) in [7, 11) is 0. The Bertz CT molecular complexity index is 668. The number of hydrogen-bond acceptors (Lipinski definition) is 3. The molecule has 1 fully saturated rings. The number of halogens is 1. The van der Waals surface area contributed by atoms with Crippen LogP contribution in [-0.2, 0) is 4.79 Å². The SMILES string of the molecule is NC(=O)C(NC1CCCC1)c1ccc(Br)c2cccnc12. The molecule has 1 atom stereocenters. The van der Waals surface area contributed by atoms with Gasteiger partial charge in [-0.3, -0.25) is 15.1 Å². The minimum absolute atomic E-state index is 0.351. The predicted octanol–water partition coefficient (Wildman–Crippen LogP) is 3.06. The number of fused-ring (bicyclic) bond motifs is 1.